The molecule has 1 aliphatic rings. The molecule has 1 aromatic heterocycles. The first-order chi connectivity index (χ1) is 12.2. The zero-order chi connectivity index (χ0) is 19.1. The van der Waals surface area contributed by atoms with E-state index in [0.29, 0.717) is 12.8 Å². The van der Waals surface area contributed by atoms with Gasteiger partial charge in [-0.1, -0.05) is 5.16 Å². The minimum Gasteiger partial charge on any atom is -0.338 e. The van der Waals surface area contributed by atoms with Crippen LogP contribution in [0.5, 0.6) is 0 Å². The number of carbonyl (C=O) groups is 2. The number of nitro groups is 1. The summed E-state index contributed by atoms with van der Waals surface area (Å²) in [7, 11) is -3.71. The van der Waals surface area contributed by atoms with E-state index in [0.717, 1.165) is 30.8 Å². The molecule has 1 aliphatic carbocycles. The molecule has 1 atom stereocenters. The number of nitrogens with zero attached hydrogens (tertiary/aromatic N) is 3. The van der Waals surface area contributed by atoms with Crippen LogP contribution in [0, 0.1) is 16.0 Å². The maximum Gasteiger partial charge on any atom is 0.281 e. The molecule has 0 radical (unpaired) electrons. The lowest BCUT2D eigenvalue weighted by molar-refractivity contribution is -0.385. The lowest BCUT2D eigenvalue weighted by atomic mass is 9.90. The Bertz CT molecular complexity index is 994. The number of ketones is 2. The number of sulfone groups is 1. The molecule has 0 bridgehead atoms. The highest BCUT2D eigenvalue weighted by Gasteiger charge is 2.43. The fourth-order valence-corrected chi connectivity index (χ4v) is 3.17. The molecule has 11 heteroatoms. The summed E-state index contributed by atoms with van der Waals surface area (Å²) < 4.78 is 28.1. The third-order valence-electron chi connectivity index (χ3n) is 4.01. The second-order valence-electron chi connectivity index (χ2n) is 5.96. The van der Waals surface area contributed by atoms with Gasteiger partial charge in [0.15, 0.2) is 33.6 Å². The Balaban J connectivity index is 2.09. The van der Waals surface area contributed by atoms with Gasteiger partial charge in [0.25, 0.3) is 5.69 Å². The molecule has 3 rings (SSSR count). The number of carbonyl (C=O) groups excluding carboxylic acids is 2. The Kier molecular flexibility index (Phi) is 4.40. The topological polar surface area (TPSA) is 150 Å². The Hall–Kier alpha value is -2.95. The van der Waals surface area contributed by atoms with E-state index in [1.807, 2.05) is 0 Å². The van der Waals surface area contributed by atoms with E-state index in [1.54, 1.807) is 0 Å². The van der Waals surface area contributed by atoms with Crippen molar-refractivity contribution in [2.24, 2.45) is 5.92 Å². The molecule has 26 heavy (non-hydrogen) atoms. The number of Topliss-reactive ketones (excluding diaryl/α,β-unsaturated/α-hetero) is 2. The summed E-state index contributed by atoms with van der Waals surface area (Å²) in [5, 5.41) is 14.7. The van der Waals surface area contributed by atoms with Crippen molar-refractivity contribution in [2.75, 3.05) is 6.26 Å². The van der Waals surface area contributed by atoms with Gasteiger partial charge in [0.05, 0.1) is 15.4 Å². The Morgan fingerprint density at radius 3 is 2.54 bits per heavy atom. The predicted molar refractivity (Wildman–Crippen MR) is 85.3 cm³/mol. The Labute approximate surface area is 147 Å². The molecule has 0 amide bonds. The molecule has 0 N–H and O–H groups in total. The number of nitro benzene ring substituents is 1. The maximum atomic E-state index is 12.9. The monoisotopic (exact) mass is 379 g/mol. The fraction of sp³-hybridized carbons (Fsp3) is 0.333. The standard InChI is InChI=1S/C15H13N3O7S/c1-26(23,24)9-4-5-10(11(6-9)18(21)22)14(20)12(13(19)8-2-3-8)15-16-7-17-25-15/h4-8,12H,2-3H2,1H3. The molecule has 2 aromatic rings. The molecule has 10 nitrogen and oxygen atoms in total. The second-order valence-corrected chi connectivity index (χ2v) is 7.98. The largest absolute Gasteiger partial charge is 0.338 e. The molecular formula is C15H13N3O7S. The third-order valence-corrected chi connectivity index (χ3v) is 5.12. The molecule has 1 aromatic carbocycles. The van der Waals surface area contributed by atoms with E-state index >= 15 is 0 Å². The van der Waals surface area contributed by atoms with E-state index in [2.05, 4.69) is 10.1 Å². The van der Waals surface area contributed by atoms with E-state index < -0.39 is 37.9 Å². The van der Waals surface area contributed by atoms with Crippen molar-refractivity contribution in [2.45, 2.75) is 23.7 Å². The van der Waals surface area contributed by atoms with Crippen molar-refractivity contribution in [1.29, 1.82) is 0 Å². The summed E-state index contributed by atoms with van der Waals surface area (Å²) in [5.41, 5.74) is -1.09. The minimum absolute atomic E-state index is 0.242. The van der Waals surface area contributed by atoms with Crippen molar-refractivity contribution in [3.05, 3.63) is 46.1 Å². The van der Waals surface area contributed by atoms with Crippen LogP contribution in [0.3, 0.4) is 0 Å². The van der Waals surface area contributed by atoms with Crippen LogP contribution in [0.15, 0.2) is 33.9 Å². The lowest BCUT2D eigenvalue weighted by Gasteiger charge is -2.11. The fourth-order valence-electron chi connectivity index (χ4n) is 2.53. The molecule has 136 valence electrons. The molecule has 1 fully saturated rings. The van der Waals surface area contributed by atoms with Crippen LogP contribution in [0.4, 0.5) is 5.69 Å². The molecular weight excluding hydrogens is 366 g/mol. The van der Waals surface area contributed by atoms with Gasteiger partial charge in [0, 0.05) is 18.2 Å². The van der Waals surface area contributed by atoms with Crippen LogP contribution >= 0.6 is 0 Å². The average molecular weight is 379 g/mol. The smallest absolute Gasteiger partial charge is 0.281 e. The summed E-state index contributed by atoms with van der Waals surface area (Å²) in [6.45, 7) is 0. The van der Waals surface area contributed by atoms with Crippen molar-refractivity contribution in [1.82, 2.24) is 10.1 Å². The van der Waals surface area contributed by atoms with E-state index in [1.165, 1.54) is 0 Å². The quantitative estimate of drug-likeness (QED) is 0.300. The zero-order valence-corrected chi connectivity index (χ0v) is 14.3. The first-order valence-electron chi connectivity index (χ1n) is 7.53. The Morgan fingerprint density at radius 1 is 1.35 bits per heavy atom. The molecule has 0 aliphatic heterocycles. The van der Waals surface area contributed by atoms with Gasteiger partial charge in [-0.05, 0) is 25.0 Å². The van der Waals surface area contributed by atoms with Gasteiger partial charge in [-0.2, -0.15) is 4.98 Å². The van der Waals surface area contributed by atoms with E-state index in [9.17, 15) is 28.1 Å². The van der Waals surface area contributed by atoms with Crippen LogP contribution < -0.4 is 0 Å². The van der Waals surface area contributed by atoms with Gasteiger partial charge in [0.1, 0.15) is 0 Å². The summed E-state index contributed by atoms with van der Waals surface area (Å²) in [4.78, 5) is 39.3. The first-order valence-corrected chi connectivity index (χ1v) is 9.42. The van der Waals surface area contributed by atoms with E-state index in [4.69, 9.17) is 4.52 Å². The number of hydrogen-bond acceptors (Lipinski definition) is 9. The van der Waals surface area contributed by atoms with Crippen LogP contribution in [0.2, 0.25) is 0 Å². The highest BCUT2D eigenvalue weighted by atomic mass is 32.2. The van der Waals surface area contributed by atoms with Gasteiger partial charge in [-0.25, -0.2) is 8.42 Å². The lowest BCUT2D eigenvalue weighted by Crippen LogP contribution is -2.25. The van der Waals surface area contributed by atoms with Gasteiger partial charge in [-0.3, -0.25) is 19.7 Å². The third kappa shape index (κ3) is 3.38. The van der Waals surface area contributed by atoms with Gasteiger partial charge >= 0.3 is 0 Å². The van der Waals surface area contributed by atoms with Crippen LogP contribution in [-0.2, 0) is 14.6 Å². The summed E-state index contributed by atoms with van der Waals surface area (Å²) in [6, 6.07) is 2.91. The molecule has 0 saturated heterocycles. The SMILES string of the molecule is CS(=O)(=O)c1ccc(C(=O)C(C(=O)C2CC2)c2ncno2)c([N+](=O)[O-])c1. The second kappa shape index (κ2) is 6.41. The molecule has 1 heterocycles. The number of hydrogen-bond donors (Lipinski definition) is 0. The number of aromatic nitrogens is 2. The first kappa shape index (κ1) is 17.9. The Morgan fingerprint density at radius 2 is 2.04 bits per heavy atom. The zero-order valence-electron chi connectivity index (χ0n) is 13.5. The van der Waals surface area contributed by atoms with Crippen LogP contribution in [0.25, 0.3) is 0 Å². The number of benzene rings is 1. The maximum absolute atomic E-state index is 12.9. The summed E-state index contributed by atoms with van der Waals surface area (Å²) in [6.07, 6.45) is 3.15. The summed E-state index contributed by atoms with van der Waals surface area (Å²) in [5.74, 6) is -3.34. The van der Waals surface area contributed by atoms with Crippen molar-refractivity contribution < 1.29 is 27.5 Å². The highest BCUT2D eigenvalue weighted by molar-refractivity contribution is 7.90. The highest BCUT2D eigenvalue weighted by Crippen LogP contribution is 2.37. The molecule has 1 saturated carbocycles. The van der Waals surface area contributed by atoms with E-state index in [-0.39, 0.29) is 22.3 Å². The average Bonchev–Trinajstić information content (AvgIpc) is 3.30. The molecule has 1 unspecified atom stereocenters. The summed E-state index contributed by atoms with van der Waals surface area (Å²) >= 11 is 0. The minimum atomic E-state index is -3.71. The van der Waals surface area contributed by atoms with Crippen molar-refractivity contribution >= 4 is 27.1 Å². The van der Waals surface area contributed by atoms with Crippen LogP contribution in [-0.4, -0.2) is 41.3 Å². The number of rotatable bonds is 7. The van der Waals surface area contributed by atoms with Gasteiger partial charge < -0.3 is 4.52 Å². The predicted octanol–water partition coefficient (Wildman–Crippen LogP) is 1.33. The van der Waals surface area contributed by atoms with Crippen molar-refractivity contribution in [3.63, 3.8) is 0 Å². The van der Waals surface area contributed by atoms with Crippen molar-refractivity contribution in [3.8, 4) is 0 Å². The normalized spacial score (nSPS) is 15.4. The van der Waals surface area contributed by atoms with Gasteiger partial charge in [0.2, 0.25) is 5.89 Å². The van der Waals surface area contributed by atoms with Gasteiger partial charge in [-0.15, -0.1) is 0 Å². The van der Waals surface area contributed by atoms with Crippen LogP contribution in [0.1, 0.15) is 35.0 Å². The molecule has 0 spiro atoms.